The van der Waals surface area contributed by atoms with Crippen molar-refractivity contribution in [3.63, 3.8) is 0 Å². The molecule has 0 fully saturated rings. The summed E-state index contributed by atoms with van der Waals surface area (Å²) in [5, 5.41) is 12.6. The SMILES string of the molecule is Cc1ccccc1-n1c(C)nnc1SCC(=O)NCCOc1ccc(Cl)cc1. The fourth-order valence-corrected chi connectivity index (χ4v) is 3.55. The van der Waals surface area contributed by atoms with Crippen molar-refractivity contribution >= 4 is 29.3 Å². The number of aromatic nitrogens is 3. The van der Waals surface area contributed by atoms with E-state index >= 15 is 0 Å². The number of carbonyl (C=O) groups is 1. The summed E-state index contributed by atoms with van der Waals surface area (Å²) in [5.41, 5.74) is 2.14. The Labute approximate surface area is 173 Å². The first-order valence-electron chi connectivity index (χ1n) is 8.80. The van der Waals surface area contributed by atoms with E-state index in [4.69, 9.17) is 16.3 Å². The van der Waals surface area contributed by atoms with Crippen LogP contribution in [0.4, 0.5) is 0 Å². The van der Waals surface area contributed by atoms with Crippen molar-refractivity contribution in [2.75, 3.05) is 18.9 Å². The van der Waals surface area contributed by atoms with E-state index < -0.39 is 0 Å². The Bertz CT molecular complexity index is 944. The standard InChI is InChI=1S/C20H21ClN4O2S/c1-14-5-3-4-6-18(14)25-15(2)23-24-20(25)28-13-19(26)22-11-12-27-17-9-7-16(21)8-10-17/h3-10H,11-13H2,1-2H3,(H,22,26). The number of nitrogens with zero attached hydrogens (tertiary/aromatic N) is 3. The van der Waals surface area contributed by atoms with Crippen LogP contribution >= 0.6 is 23.4 Å². The third-order valence-electron chi connectivity index (χ3n) is 3.99. The molecule has 6 nitrogen and oxygen atoms in total. The number of amides is 1. The molecule has 1 N–H and O–H groups in total. The molecule has 1 heterocycles. The molecule has 0 radical (unpaired) electrons. The maximum atomic E-state index is 12.1. The lowest BCUT2D eigenvalue weighted by Crippen LogP contribution is -2.29. The van der Waals surface area contributed by atoms with E-state index in [1.54, 1.807) is 24.3 Å². The Morgan fingerprint density at radius 1 is 1.14 bits per heavy atom. The Hall–Kier alpha value is -2.51. The van der Waals surface area contributed by atoms with Gasteiger partial charge in [0, 0.05) is 5.02 Å². The number of ether oxygens (including phenoxy) is 1. The van der Waals surface area contributed by atoms with E-state index in [1.165, 1.54) is 11.8 Å². The normalized spacial score (nSPS) is 10.7. The van der Waals surface area contributed by atoms with E-state index in [9.17, 15) is 4.79 Å². The summed E-state index contributed by atoms with van der Waals surface area (Å²) >= 11 is 7.19. The highest BCUT2D eigenvalue weighted by Crippen LogP contribution is 2.23. The second-order valence-corrected chi connectivity index (χ2v) is 7.47. The summed E-state index contributed by atoms with van der Waals surface area (Å²) in [6.07, 6.45) is 0. The van der Waals surface area contributed by atoms with Gasteiger partial charge < -0.3 is 10.1 Å². The van der Waals surface area contributed by atoms with Crippen LogP contribution in [0.1, 0.15) is 11.4 Å². The molecule has 0 saturated carbocycles. The largest absolute Gasteiger partial charge is 0.492 e. The molecule has 146 valence electrons. The van der Waals surface area contributed by atoms with Crippen LogP contribution in [0.15, 0.2) is 53.7 Å². The Morgan fingerprint density at radius 3 is 2.64 bits per heavy atom. The molecule has 0 saturated heterocycles. The molecule has 0 aliphatic rings. The zero-order valence-corrected chi connectivity index (χ0v) is 17.3. The summed E-state index contributed by atoms with van der Waals surface area (Å²) in [6.45, 7) is 4.75. The lowest BCUT2D eigenvalue weighted by atomic mass is 10.2. The van der Waals surface area contributed by atoms with Gasteiger partial charge in [-0.15, -0.1) is 10.2 Å². The molecule has 1 amide bonds. The van der Waals surface area contributed by atoms with Crippen molar-refractivity contribution in [1.29, 1.82) is 0 Å². The van der Waals surface area contributed by atoms with Crippen molar-refractivity contribution in [1.82, 2.24) is 20.1 Å². The molecule has 0 spiro atoms. The maximum absolute atomic E-state index is 12.1. The average molecular weight is 417 g/mol. The van der Waals surface area contributed by atoms with Gasteiger partial charge in [0.2, 0.25) is 5.91 Å². The van der Waals surface area contributed by atoms with E-state index in [2.05, 4.69) is 15.5 Å². The molecule has 0 bridgehead atoms. The van der Waals surface area contributed by atoms with Gasteiger partial charge in [-0.1, -0.05) is 41.6 Å². The van der Waals surface area contributed by atoms with E-state index in [1.807, 2.05) is 42.7 Å². The van der Waals surface area contributed by atoms with Crippen molar-refractivity contribution in [3.05, 3.63) is 64.9 Å². The van der Waals surface area contributed by atoms with Crippen LogP contribution in [-0.4, -0.2) is 39.6 Å². The molecule has 0 aliphatic carbocycles. The van der Waals surface area contributed by atoms with Crippen LogP contribution in [0.25, 0.3) is 5.69 Å². The maximum Gasteiger partial charge on any atom is 0.230 e. The van der Waals surface area contributed by atoms with Crippen molar-refractivity contribution in [3.8, 4) is 11.4 Å². The summed E-state index contributed by atoms with van der Waals surface area (Å²) in [7, 11) is 0. The smallest absolute Gasteiger partial charge is 0.230 e. The molecule has 2 aromatic carbocycles. The fraction of sp³-hybridized carbons (Fsp3) is 0.250. The van der Waals surface area contributed by atoms with Gasteiger partial charge in [0.05, 0.1) is 18.0 Å². The molecule has 3 rings (SSSR count). The Kier molecular flexibility index (Phi) is 6.95. The van der Waals surface area contributed by atoms with Crippen LogP contribution < -0.4 is 10.1 Å². The minimum absolute atomic E-state index is 0.0818. The van der Waals surface area contributed by atoms with Crippen LogP contribution in [0.5, 0.6) is 5.75 Å². The molecular formula is C20H21ClN4O2S. The molecule has 0 atom stereocenters. The van der Waals surface area contributed by atoms with Crippen molar-refractivity contribution in [2.45, 2.75) is 19.0 Å². The van der Waals surface area contributed by atoms with Gasteiger partial charge in [-0.25, -0.2) is 0 Å². The Balaban J connectivity index is 1.49. The number of rotatable bonds is 8. The predicted molar refractivity (Wildman–Crippen MR) is 112 cm³/mol. The predicted octanol–water partition coefficient (Wildman–Crippen LogP) is 3.82. The number of halogens is 1. The number of para-hydroxylation sites is 1. The molecule has 28 heavy (non-hydrogen) atoms. The molecule has 3 aromatic rings. The highest BCUT2D eigenvalue weighted by Gasteiger charge is 2.14. The number of carbonyl (C=O) groups excluding carboxylic acids is 1. The molecular weight excluding hydrogens is 396 g/mol. The van der Waals surface area contributed by atoms with Gasteiger partial charge in [0.1, 0.15) is 18.2 Å². The number of aryl methyl sites for hydroxylation is 2. The number of hydrogen-bond acceptors (Lipinski definition) is 5. The summed E-state index contributed by atoms with van der Waals surface area (Å²) < 4.78 is 7.53. The second-order valence-electron chi connectivity index (χ2n) is 6.09. The first kappa shape index (κ1) is 20.2. The summed E-state index contributed by atoms with van der Waals surface area (Å²) in [4.78, 5) is 12.1. The van der Waals surface area contributed by atoms with Crippen LogP contribution in [0, 0.1) is 13.8 Å². The van der Waals surface area contributed by atoms with E-state index in [0.717, 1.165) is 22.8 Å². The monoisotopic (exact) mass is 416 g/mol. The second kappa shape index (κ2) is 9.61. The lowest BCUT2D eigenvalue weighted by molar-refractivity contribution is -0.118. The van der Waals surface area contributed by atoms with Gasteiger partial charge in [-0.05, 0) is 49.7 Å². The highest BCUT2D eigenvalue weighted by molar-refractivity contribution is 7.99. The van der Waals surface area contributed by atoms with Gasteiger partial charge in [-0.2, -0.15) is 0 Å². The fourth-order valence-electron chi connectivity index (χ4n) is 2.60. The van der Waals surface area contributed by atoms with Gasteiger partial charge in [0.25, 0.3) is 0 Å². The number of thioether (sulfide) groups is 1. The topological polar surface area (TPSA) is 69.0 Å². The number of hydrogen-bond donors (Lipinski definition) is 1. The van der Waals surface area contributed by atoms with Crippen molar-refractivity contribution < 1.29 is 9.53 Å². The van der Waals surface area contributed by atoms with Crippen LogP contribution in [0.3, 0.4) is 0 Å². The van der Waals surface area contributed by atoms with Crippen LogP contribution in [0.2, 0.25) is 5.02 Å². The van der Waals surface area contributed by atoms with Gasteiger partial charge in [-0.3, -0.25) is 9.36 Å². The van der Waals surface area contributed by atoms with Crippen molar-refractivity contribution in [2.24, 2.45) is 0 Å². The third kappa shape index (κ3) is 5.27. The van der Waals surface area contributed by atoms with Gasteiger partial charge >= 0.3 is 0 Å². The Morgan fingerprint density at radius 2 is 1.89 bits per heavy atom. The van der Waals surface area contributed by atoms with E-state index in [0.29, 0.717) is 23.3 Å². The number of nitrogens with one attached hydrogen (secondary N) is 1. The average Bonchev–Trinajstić information content (AvgIpc) is 3.06. The first-order chi connectivity index (χ1) is 13.5. The zero-order valence-electron chi connectivity index (χ0n) is 15.7. The molecule has 0 unspecified atom stereocenters. The summed E-state index contributed by atoms with van der Waals surface area (Å²) in [6, 6.07) is 15.1. The first-order valence-corrected chi connectivity index (χ1v) is 10.2. The van der Waals surface area contributed by atoms with Crippen LogP contribution in [-0.2, 0) is 4.79 Å². The van der Waals surface area contributed by atoms with E-state index in [-0.39, 0.29) is 11.7 Å². The molecule has 8 heteroatoms. The quantitative estimate of drug-likeness (QED) is 0.446. The minimum atomic E-state index is -0.0818. The molecule has 0 aliphatic heterocycles. The zero-order chi connectivity index (χ0) is 19.9. The van der Waals surface area contributed by atoms with Gasteiger partial charge in [0.15, 0.2) is 5.16 Å². The highest BCUT2D eigenvalue weighted by atomic mass is 35.5. The lowest BCUT2D eigenvalue weighted by Gasteiger charge is -2.11. The molecule has 1 aromatic heterocycles. The number of benzene rings is 2. The third-order valence-corrected chi connectivity index (χ3v) is 5.17. The minimum Gasteiger partial charge on any atom is -0.492 e. The summed E-state index contributed by atoms with van der Waals surface area (Å²) in [5.74, 6) is 1.68.